The van der Waals surface area contributed by atoms with Crippen LogP contribution in [-0.4, -0.2) is 19.2 Å². The number of methoxy groups -OCH3 is 2. The Bertz CT molecular complexity index is 967. The standard InChI is InChI=1S/C20H19N3O2.ClH/c1-4-13-5-7-17-16(9-13)20(14(11-21)12-22-17)23-15-6-8-18(24-2)19(10-15)25-3;/h5-10,12H,4H2,1-3H3,(H,22,23);1H. The van der Waals surface area contributed by atoms with Crippen LogP contribution in [0.3, 0.4) is 0 Å². The molecule has 0 saturated heterocycles. The number of halogens is 1. The molecule has 0 atom stereocenters. The summed E-state index contributed by atoms with van der Waals surface area (Å²) < 4.78 is 10.6. The second-order valence-corrected chi connectivity index (χ2v) is 5.56. The number of fused-ring (bicyclic) bond motifs is 1. The highest BCUT2D eigenvalue weighted by Gasteiger charge is 2.11. The Hall–Kier alpha value is -2.97. The van der Waals surface area contributed by atoms with Gasteiger partial charge in [-0.05, 0) is 36.2 Å². The number of rotatable bonds is 5. The monoisotopic (exact) mass is 369 g/mol. The van der Waals surface area contributed by atoms with E-state index in [1.165, 1.54) is 5.56 Å². The van der Waals surface area contributed by atoms with Crippen molar-refractivity contribution in [3.63, 3.8) is 0 Å². The number of hydrogen-bond donors (Lipinski definition) is 1. The number of aromatic nitrogens is 1. The number of nitrogens with zero attached hydrogens (tertiary/aromatic N) is 2. The number of anilines is 2. The van der Waals surface area contributed by atoms with Crippen molar-refractivity contribution in [1.29, 1.82) is 5.26 Å². The third kappa shape index (κ3) is 3.66. The van der Waals surface area contributed by atoms with Crippen LogP contribution in [0.15, 0.2) is 42.6 Å². The maximum atomic E-state index is 9.49. The summed E-state index contributed by atoms with van der Waals surface area (Å²) in [7, 11) is 3.19. The number of benzene rings is 2. The predicted octanol–water partition coefficient (Wildman–Crippen LogP) is 4.85. The van der Waals surface area contributed by atoms with E-state index in [2.05, 4.69) is 35.4 Å². The fraction of sp³-hybridized carbons (Fsp3) is 0.200. The molecule has 0 fully saturated rings. The molecule has 26 heavy (non-hydrogen) atoms. The number of hydrogen-bond acceptors (Lipinski definition) is 5. The van der Waals surface area contributed by atoms with E-state index in [0.717, 1.165) is 28.7 Å². The molecule has 6 heteroatoms. The summed E-state index contributed by atoms with van der Waals surface area (Å²) in [6.07, 6.45) is 2.51. The second kappa shape index (κ2) is 8.41. The zero-order chi connectivity index (χ0) is 17.8. The van der Waals surface area contributed by atoms with Crippen LogP contribution < -0.4 is 14.8 Å². The zero-order valence-corrected chi connectivity index (χ0v) is 15.7. The van der Waals surface area contributed by atoms with Gasteiger partial charge in [-0.25, -0.2) is 0 Å². The largest absolute Gasteiger partial charge is 0.493 e. The van der Waals surface area contributed by atoms with E-state index in [4.69, 9.17) is 9.47 Å². The first kappa shape index (κ1) is 19.4. The van der Waals surface area contributed by atoms with Gasteiger partial charge in [-0.2, -0.15) is 5.26 Å². The highest BCUT2D eigenvalue weighted by molar-refractivity contribution is 5.96. The molecule has 1 heterocycles. The molecular weight excluding hydrogens is 350 g/mol. The van der Waals surface area contributed by atoms with Crippen molar-refractivity contribution in [3.05, 3.63) is 53.7 Å². The van der Waals surface area contributed by atoms with Gasteiger partial charge in [-0.3, -0.25) is 4.98 Å². The third-order valence-corrected chi connectivity index (χ3v) is 4.11. The molecule has 0 aliphatic carbocycles. The van der Waals surface area contributed by atoms with E-state index in [1.54, 1.807) is 20.4 Å². The van der Waals surface area contributed by atoms with E-state index in [-0.39, 0.29) is 12.4 Å². The van der Waals surface area contributed by atoms with E-state index >= 15 is 0 Å². The molecule has 1 N–H and O–H groups in total. The zero-order valence-electron chi connectivity index (χ0n) is 14.9. The number of nitrogens with one attached hydrogen (secondary N) is 1. The normalized spacial score (nSPS) is 9.92. The minimum absolute atomic E-state index is 0. The van der Waals surface area contributed by atoms with E-state index in [0.29, 0.717) is 17.1 Å². The molecule has 0 spiro atoms. The fourth-order valence-electron chi connectivity index (χ4n) is 2.74. The molecule has 0 saturated carbocycles. The van der Waals surface area contributed by atoms with Gasteiger partial charge in [0.15, 0.2) is 11.5 Å². The van der Waals surface area contributed by atoms with Crippen molar-refractivity contribution in [3.8, 4) is 17.6 Å². The molecule has 0 amide bonds. The van der Waals surface area contributed by atoms with Crippen molar-refractivity contribution < 1.29 is 9.47 Å². The summed E-state index contributed by atoms with van der Waals surface area (Å²) in [6, 6.07) is 13.9. The van der Waals surface area contributed by atoms with Gasteiger partial charge in [0.1, 0.15) is 6.07 Å². The summed E-state index contributed by atoms with van der Waals surface area (Å²) in [5, 5.41) is 13.8. The molecule has 0 bridgehead atoms. The molecule has 0 radical (unpaired) electrons. The summed E-state index contributed by atoms with van der Waals surface area (Å²) in [5.41, 5.74) is 4.09. The quantitative estimate of drug-likeness (QED) is 0.696. The number of aryl methyl sites for hydroxylation is 1. The first-order valence-electron chi connectivity index (χ1n) is 8.01. The molecule has 134 valence electrons. The van der Waals surface area contributed by atoms with Crippen molar-refractivity contribution in [2.75, 3.05) is 19.5 Å². The predicted molar refractivity (Wildman–Crippen MR) is 106 cm³/mol. The van der Waals surface area contributed by atoms with Crippen LogP contribution in [0.1, 0.15) is 18.1 Å². The summed E-state index contributed by atoms with van der Waals surface area (Å²) in [6.45, 7) is 2.10. The average molecular weight is 370 g/mol. The fourth-order valence-corrected chi connectivity index (χ4v) is 2.74. The van der Waals surface area contributed by atoms with Gasteiger partial charge in [0.25, 0.3) is 0 Å². The van der Waals surface area contributed by atoms with Gasteiger partial charge >= 0.3 is 0 Å². The van der Waals surface area contributed by atoms with Gasteiger partial charge in [0, 0.05) is 23.3 Å². The number of ether oxygens (including phenoxy) is 2. The molecule has 0 aliphatic rings. The van der Waals surface area contributed by atoms with Crippen LogP contribution in [0.2, 0.25) is 0 Å². The molecule has 0 aliphatic heterocycles. The summed E-state index contributed by atoms with van der Waals surface area (Å²) >= 11 is 0. The number of pyridine rings is 1. The van der Waals surface area contributed by atoms with E-state index < -0.39 is 0 Å². The van der Waals surface area contributed by atoms with Crippen molar-refractivity contribution in [1.82, 2.24) is 4.98 Å². The highest BCUT2D eigenvalue weighted by atomic mass is 35.5. The first-order valence-corrected chi connectivity index (χ1v) is 8.01. The highest BCUT2D eigenvalue weighted by Crippen LogP contribution is 2.34. The first-order chi connectivity index (χ1) is 12.2. The third-order valence-electron chi connectivity index (χ3n) is 4.11. The molecule has 3 aromatic rings. The van der Waals surface area contributed by atoms with Crippen LogP contribution >= 0.6 is 12.4 Å². The maximum Gasteiger partial charge on any atom is 0.162 e. The van der Waals surface area contributed by atoms with Crippen LogP contribution in [0.25, 0.3) is 10.9 Å². The van der Waals surface area contributed by atoms with Gasteiger partial charge in [-0.1, -0.05) is 13.0 Å². The van der Waals surface area contributed by atoms with Gasteiger partial charge in [-0.15, -0.1) is 12.4 Å². The van der Waals surface area contributed by atoms with Crippen molar-refractivity contribution in [2.24, 2.45) is 0 Å². The maximum absolute atomic E-state index is 9.49. The molecule has 3 rings (SSSR count). The van der Waals surface area contributed by atoms with Gasteiger partial charge < -0.3 is 14.8 Å². The molecular formula is C20H20ClN3O2. The van der Waals surface area contributed by atoms with Gasteiger partial charge in [0.05, 0.1) is 31.0 Å². The number of nitriles is 1. The second-order valence-electron chi connectivity index (χ2n) is 5.56. The SMILES string of the molecule is CCc1ccc2ncc(C#N)c(Nc3ccc(OC)c(OC)c3)c2c1.Cl. The lowest BCUT2D eigenvalue weighted by Gasteiger charge is -2.14. The molecule has 1 aromatic heterocycles. The average Bonchev–Trinajstić information content (AvgIpc) is 2.67. The minimum atomic E-state index is 0. The van der Waals surface area contributed by atoms with Gasteiger partial charge in [0.2, 0.25) is 0 Å². The summed E-state index contributed by atoms with van der Waals surface area (Å²) in [5.74, 6) is 1.28. The Morgan fingerprint density at radius 1 is 1.08 bits per heavy atom. The lowest BCUT2D eigenvalue weighted by atomic mass is 10.0. The Morgan fingerprint density at radius 3 is 2.50 bits per heavy atom. The molecule has 0 unspecified atom stereocenters. The molecule has 5 nitrogen and oxygen atoms in total. The summed E-state index contributed by atoms with van der Waals surface area (Å²) in [4.78, 5) is 4.38. The lowest BCUT2D eigenvalue weighted by Crippen LogP contribution is -1.98. The lowest BCUT2D eigenvalue weighted by molar-refractivity contribution is 0.355. The Balaban J connectivity index is 0.00000243. The van der Waals surface area contributed by atoms with Crippen LogP contribution in [0.5, 0.6) is 11.5 Å². The minimum Gasteiger partial charge on any atom is -0.493 e. The Morgan fingerprint density at radius 2 is 1.85 bits per heavy atom. The molecule has 2 aromatic carbocycles. The van der Waals surface area contributed by atoms with Crippen molar-refractivity contribution in [2.45, 2.75) is 13.3 Å². The van der Waals surface area contributed by atoms with Crippen molar-refractivity contribution >= 4 is 34.7 Å². The van der Waals surface area contributed by atoms with Crippen LogP contribution in [0, 0.1) is 11.3 Å². The van der Waals surface area contributed by atoms with E-state index in [1.807, 2.05) is 24.3 Å². The Kier molecular flexibility index (Phi) is 6.26. The van der Waals surface area contributed by atoms with Crippen LogP contribution in [0.4, 0.5) is 11.4 Å². The smallest absolute Gasteiger partial charge is 0.162 e. The van der Waals surface area contributed by atoms with E-state index in [9.17, 15) is 5.26 Å². The van der Waals surface area contributed by atoms with Crippen LogP contribution in [-0.2, 0) is 6.42 Å². The Labute approximate surface area is 159 Å². The topological polar surface area (TPSA) is 67.2 Å².